The minimum Gasteiger partial charge on any atom is -0.460 e. The van der Waals surface area contributed by atoms with Crippen LogP contribution in [0.25, 0.3) is 0 Å². The smallest absolute Gasteiger partial charge is 0.379 e. The molecule has 1 aliphatic rings. The molecule has 0 spiro atoms. The van der Waals surface area contributed by atoms with Crippen LogP contribution in [0.3, 0.4) is 0 Å². The fourth-order valence-corrected chi connectivity index (χ4v) is 3.51. The molecule has 0 unspecified atom stereocenters. The summed E-state index contributed by atoms with van der Waals surface area (Å²) in [5.74, 6) is 0.0320. The van der Waals surface area contributed by atoms with E-state index in [0.717, 1.165) is 5.92 Å². The molecule has 0 amide bonds. The van der Waals surface area contributed by atoms with Gasteiger partial charge >= 0.3 is 5.97 Å². The zero-order chi connectivity index (χ0) is 17.0. The van der Waals surface area contributed by atoms with Gasteiger partial charge in [0.15, 0.2) is 0 Å². The van der Waals surface area contributed by atoms with Crippen molar-refractivity contribution in [3.05, 3.63) is 35.4 Å². The summed E-state index contributed by atoms with van der Waals surface area (Å²) in [5.41, 5.74) is 2.08. The summed E-state index contributed by atoms with van der Waals surface area (Å²) < 4.78 is 4.76. The number of rotatable bonds is 4. The van der Waals surface area contributed by atoms with E-state index in [9.17, 15) is 9.59 Å². The summed E-state index contributed by atoms with van der Waals surface area (Å²) in [6.45, 7) is 8.90. The number of hydrogen-bond donors (Lipinski definition) is 0. The van der Waals surface area contributed by atoms with Gasteiger partial charge in [0.1, 0.15) is 0 Å². The van der Waals surface area contributed by atoms with Gasteiger partial charge in [-0.05, 0) is 55.4 Å². The van der Waals surface area contributed by atoms with Crippen LogP contribution in [0.4, 0.5) is 0 Å². The SMILES string of the molecule is CCOC(=O)C(=O)c1ccc(C2CCC(C(C)(C)C)CC2)cc1. The first-order valence-corrected chi connectivity index (χ1v) is 8.64. The first kappa shape index (κ1) is 17.7. The van der Waals surface area contributed by atoms with Gasteiger partial charge in [0.2, 0.25) is 0 Å². The second-order valence-corrected chi connectivity index (χ2v) is 7.59. The van der Waals surface area contributed by atoms with E-state index < -0.39 is 11.8 Å². The van der Waals surface area contributed by atoms with E-state index in [1.165, 1.54) is 31.2 Å². The van der Waals surface area contributed by atoms with Crippen molar-refractivity contribution in [2.45, 2.75) is 59.3 Å². The molecule has 3 heteroatoms. The molecular formula is C20H28O3. The van der Waals surface area contributed by atoms with Crippen LogP contribution in [0.15, 0.2) is 24.3 Å². The third kappa shape index (κ3) is 4.43. The first-order chi connectivity index (χ1) is 10.8. The van der Waals surface area contributed by atoms with Crippen LogP contribution < -0.4 is 0 Å². The molecule has 23 heavy (non-hydrogen) atoms. The average Bonchev–Trinajstić information content (AvgIpc) is 2.54. The zero-order valence-electron chi connectivity index (χ0n) is 14.7. The largest absolute Gasteiger partial charge is 0.460 e. The second kappa shape index (κ2) is 7.29. The van der Waals surface area contributed by atoms with Crippen molar-refractivity contribution in [1.29, 1.82) is 0 Å². The van der Waals surface area contributed by atoms with Gasteiger partial charge in [-0.15, -0.1) is 0 Å². The van der Waals surface area contributed by atoms with Crippen LogP contribution in [-0.4, -0.2) is 18.4 Å². The Bertz CT molecular complexity index is 543. The van der Waals surface area contributed by atoms with Crippen LogP contribution in [0, 0.1) is 11.3 Å². The minimum atomic E-state index is -0.772. The molecule has 0 saturated heterocycles. The molecule has 1 saturated carbocycles. The minimum absolute atomic E-state index is 0.222. The zero-order valence-corrected chi connectivity index (χ0v) is 14.7. The van der Waals surface area contributed by atoms with E-state index in [0.29, 0.717) is 16.9 Å². The van der Waals surface area contributed by atoms with E-state index in [4.69, 9.17) is 4.74 Å². The van der Waals surface area contributed by atoms with Gasteiger partial charge in [-0.1, -0.05) is 45.0 Å². The highest BCUT2D eigenvalue weighted by Gasteiger charge is 2.30. The number of Topliss-reactive ketones (excluding diaryl/α,β-unsaturated/α-hetero) is 1. The van der Waals surface area contributed by atoms with Gasteiger partial charge in [-0.25, -0.2) is 4.79 Å². The maximum absolute atomic E-state index is 11.9. The molecule has 0 bridgehead atoms. The van der Waals surface area contributed by atoms with Crippen LogP contribution in [-0.2, 0) is 9.53 Å². The Labute approximate surface area is 139 Å². The summed E-state index contributed by atoms with van der Waals surface area (Å²) >= 11 is 0. The molecule has 3 nitrogen and oxygen atoms in total. The Balaban J connectivity index is 1.98. The Morgan fingerprint density at radius 2 is 1.61 bits per heavy atom. The van der Waals surface area contributed by atoms with Crippen molar-refractivity contribution in [1.82, 2.24) is 0 Å². The second-order valence-electron chi connectivity index (χ2n) is 7.59. The maximum Gasteiger partial charge on any atom is 0.379 e. The summed E-state index contributed by atoms with van der Waals surface area (Å²) in [7, 11) is 0. The Kier molecular flexibility index (Phi) is 5.61. The Hall–Kier alpha value is -1.64. The van der Waals surface area contributed by atoms with E-state index >= 15 is 0 Å². The number of esters is 1. The third-order valence-corrected chi connectivity index (χ3v) is 5.06. The topological polar surface area (TPSA) is 43.4 Å². The lowest BCUT2D eigenvalue weighted by atomic mass is 9.68. The van der Waals surface area contributed by atoms with Gasteiger partial charge in [-0.3, -0.25) is 4.79 Å². The van der Waals surface area contributed by atoms with Gasteiger partial charge in [0.25, 0.3) is 5.78 Å². The predicted molar refractivity (Wildman–Crippen MR) is 91.6 cm³/mol. The van der Waals surface area contributed by atoms with Crippen LogP contribution in [0.2, 0.25) is 0 Å². The standard InChI is InChI=1S/C20H28O3/c1-5-23-19(22)18(21)16-8-6-14(7-9-16)15-10-12-17(13-11-15)20(2,3)4/h6-9,15,17H,5,10-13H2,1-4H3. The molecule has 0 atom stereocenters. The fourth-order valence-electron chi connectivity index (χ4n) is 3.51. The summed E-state index contributed by atoms with van der Waals surface area (Å²) in [6.07, 6.45) is 4.93. The molecular weight excluding hydrogens is 288 g/mol. The lowest BCUT2D eigenvalue weighted by Crippen LogP contribution is -2.25. The number of ether oxygens (including phenoxy) is 1. The van der Waals surface area contributed by atoms with Gasteiger partial charge in [0, 0.05) is 5.56 Å². The number of carbonyl (C=O) groups is 2. The lowest BCUT2D eigenvalue weighted by Gasteiger charge is -2.37. The highest BCUT2D eigenvalue weighted by molar-refractivity contribution is 6.40. The van der Waals surface area contributed by atoms with Crippen molar-refractivity contribution >= 4 is 11.8 Å². The summed E-state index contributed by atoms with van der Waals surface area (Å²) in [4.78, 5) is 23.4. The quantitative estimate of drug-likeness (QED) is 0.457. The van der Waals surface area contributed by atoms with Crippen molar-refractivity contribution in [3.63, 3.8) is 0 Å². The molecule has 1 aromatic rings. The third-order valence-electron chi connectivity index (χ3n) is 5.06. The van der Waals surface area contributed by atoms with E-state index in [2.05, 4.69) is 20.8 Å². The molecule has 1 fully saturated rings. The molecule has 0 aromatic heterocycles. The molecule has 0 radical (unpaired) electrons. The number of ketones is 1. The molecule has 0 aliphatic heterocycles. The average molecular weight is 316 g/mol. The number of hydrogen-bond acceptors (Lipinski definition) is 3. The van der Waals surface area contributed by atoms with Crippen LogP contribution in [0.5, 0.6) is 0 Å². The highest BCUT2D eigenvalue weighted by atomic mass is 16.5. The van der Waals surface area contributed by atoms with Crippen molar-refractivity contribution in [2.24, 2.45) is 11.3 Å². The first-order valence-electron chi connectivity index (χ1n) is 8.64. The highest BCUT2D eigenvalue weighted by Crippen LogP contribution is 2.43. The van der Waals surface area contributed by atoms with E-state index in [1.54, 1.807) is 19.1 Å². The van der Waals surface area contributed by atoms with Gasteiger partial charge < -0.3 is 4.74 Å². The van der Waals surface area contributed by atoms with Crippen molar-refractivity contribution in [3.8, 4) is 0 Å². The lowest BCUT2D eigenvalue weighted by molar-refractivity contribution is -0.137. The van der Waals surface area contributed by atoms with Crippen LogP contribution in [0.1, 0.15) is 75.2 Å². The summed E-state index contributed by atoms with van der Waals surface area (Å²) in [6, 6.07) is 7.50. The Morgan fingerprint density at radius 1 is 1.04 bits per heavy atom. The van der Waals surface area contributed by atoms with Gasteiger partial charge in [-0.2, -0.15) is 0 Å². The predicted octanol–water partition coefficient (Wildman–Crippen LogP) is 4.75. The Morgan fingerprint density at radius 3 is 2.09 bits per heavy atom. The number of benzene rings is 1. The maximum atomic E-state index is 11.9. The number of carbonyl (C=O) groups excluding carboxylic acids is 2. The van der Waals surface area contributed by atoms with Crippen molar-refractivity contribution < 1.29 is 14.3 Å². The fraction of sp³-hybridized carbons (Fsp3) is 0.600. The molecule has 2 rings (SSSR count). The summed E-state index contributed by atoms with van der Waals surface area (Å²) in [5, 5.41) is 0. The van der Waals surface area contributed by atoms with E-state index in [-0.39, 0.29) is 6.61 Å². The monoisotopic (exact) mass is 316 g/mol. The van der Waals surface area contributed by atoms with Crippen molar-refractivity contribution in [2.75, 3.05) is 6.61 Å². The van der Waals surface area contributed by atoms with Crippen LogP contribution >= 0.6 is 0 Å². The van der Waals surface area contributed by atoms with E-state index in [1.807, 2.05) is 12.1 Å². The molecule has 126 valence electrons. The molecule has 1 aromatic carbocycles. The molecule has 0 N–H and O–H groups in total. The normalized spacial score (nSPS) is 21.7. The molecule has 1 aliphatic carbocycles. The molecule has 0 heterocycles. The van der Waals surface area contributed by atoms with Gasteiger partial charge in [0.05, 0.1) is 6.61 Å².